The molecule has 5 nitrogen and oxygen atoms in total. The Labute approximate surface area is 108 Å². The van der Waals surface area contributed by atoms with Crippen molar-refractivity contribution >= 4 is 11.9 Å². The summed E-state index contributed by atoms with van der Waals surface area (Å²) in [5.74, 6) is -0.614. The van der Waals surface area contributed by atoms with Crippen LogP contribution in [0, 0.1) is 5.92 Å². The van der Waals surface area contributed by atoms with E-state index in [-0.39, 0.29) is 5.91 Å². The van der Waals surface area contributed by atoms with Gasteiger partial charge in [-0.2, -0.15) is 0 Å². The van der Waals surface area contributed by atoms with Crippen molar-refractivity contribution in [2.45, 2.75) is 51.5 Å². The van der Waals surface area contributed by atoms with Gasteiger partial charge < -0.3 is 15.7 Å². The molecule has 2 atom stereocenters. The van der Waals surface area contributed by atoms with Crippen molar-refractivity contribution in [2.24, 2.45) is 11.7 Å². The van der Waals surface area contributed by atoms with Crippen molar-refractivity contribution in [1.29, 1.82) is 0 Å². The van der Waals surface area contributed by atoms with E-state index >= 15 is 0 Å². The van der Waals surface area contributed by atoms with Crippen LogP contribution < -0.4 is 5.73 Å². The van der Waals surface area contributed by atoms with Crippen LogP contribution in [0.2, 0.25) is 0 Å². The van der Waals surface area contributed by atoms with Gasteiger partial charge in [0.05, 0.1) is 0 Å². The molecule has 5 heteroatoms. The summed E-state index contributed by atoms with van der Waals surface area (Å²) >= 11 is 0. The van der Waals surface area contributed by atoms with E-state index in [1.807, 2.05) is 13.8 Å². The molecule has 0 saturated carbocycles. The van der Waals surface area contributed by atoms with Crippen LogP contribution >= 0.6 is 0 Å². The van der Waals surface area contributed by atoms with E-state index in [4.69, 9.17) is 5.73 Å². The Morgan fingerprint density at radius 1 is 1.50 bits per heavy atom. The summed E-state index contributed by atoms with van der Waals surface area (Å²) < 4.78 is 0. The van der Waals surface area contributed by atoms with Gasteiger partial charge in [-0.05, 0) is 38.1 Å². The average molecular weight is 256 g/mol. The molecule has 0 aromatic heterocycles. The summed E-state index contributed by atoms with van der Waals surface area (Å²) in [6.45, 7) is 4.96. The summed E-state index contributed by atoms with van der Waals surface area (Å²) in [5, 5.41) is 9.39. The number of nitrogens with two attached hydrogens (primary N) is 1. The van der Waals surface area contributed by atoms with Crippen molar-refractivity contribution in [3.05, 3.63) is 0 Å². The van der Waals surface area contributed by atoms with Gasteiger partial charge in [0.15, 0.2) is 0 Å². The molecular formula is C13H24N2O3. The second kappa shape index (κ2) is 6.18. The molecular weight excluding hydrogens is 232 g/mol. The number of rotatable bonds is 6. The van der Waals surface area contributed by atoms with Crippen molar-refractivity contribution in [2.75, 3.05) is 13.1 Å². The fourth-order valence-corrected chi connectivity index (χ4v) is 2.61. The monoisotopic (exact) mass is 256 g/mol. The summed E-state index contributed by atoms with van der Waals surface area (Å²) in [7, 11) is 0. The van der Waals surface area contributed by atoms with Crippen LogP contribution in [0.15, 0.2) is 0 Å². The topological polar surface area (TPSA) is 83.6 Å². The molecule has 1 fully saturated rings. The lowest BCUT2D eigenvalue weighted by molar-refractivity contribution is -0.157. The van der Waals surface area contributed by atoms with Crippen LogP contribution in [0.4, 0.5) is 0 Å². The number of aliphatic carboxylic acids is 1. The number of carboxylic acids is 1. The van der Waals surface area contributed by atoms with Gasteiger partial charge >= 0.3 is 5.97 Å². The minimum atomic E-state index is -0.969. The number of carbonyl (C=O) groups excluding carboxylic acids is 1. The second-order valence-corrected chi connectivity index (χ2v) is 5.22. The largest absolute Gasteiger partial charge is 0.479 e. The van der Waals surface area contributed by atoms with E-state index in [9.17, 15) is 14.7 Å². The number of amides is 1. The van der Waals surface area contributed by atoms with Crippen molar-refractivity contribution < 1.29 is 14.7 Å². The lowest BCUT2D eigenvalue weighted by Crippen LogP contribution is -2.52. The Morgan fingerprint density at radius 3 is 2.67 bits per heavy atom. The Morgan fingerprint density at radius 2 is 2.17 bits per heavy atom. The van der Waals surface area contributed by atoms with E-state index in [0.29, 0.717) is 38.3 Å². The second-order valence-electron chi connectivity index (χ2n) is 5.22. The van der Waals surface area contributed by atoms with Crippen molar-refractivity contribution in [1.82, 2.24) is 4.90 Å². The molecule has 0 spiro atoms. The maximum absolute atomic E-state index is 12.2. The van der Waals surface area contributed by atoms with Gasteiger partial charge in [0.25, 0.3) is 0 Å². The van der Waals surface area contributed by atoms with Crippen LogP contribution in [-0.4, -0.2) is 40.5 Å². The number of carbonyl (C=O) groups is 2. The van der Waals surface area contributed by atoms with E-state index in [1.54, 1.807) is 4.90 Å². The van der Waals surface area contributed by atoms with Crippen LogP contribution in [0.1, 0.15) is 46.0 Å². The van der Waals surface area contributed by atoms with Gasteiger partial charge in [0.2, 0.25) is 5.91 Å². The number of hydrogen-bond donors (Lipinski definition) is 2. The number of likely N-dealkylation sites (tertiary alicyclic amines) is 1. The lowest BCUT2D eigenvalue weighted by Gasteiger charge is -2.34. The SMILES string of the molecule is CCC1(C(=O)O)CCCN1C(=O)CCC(C)CN. The molecule has 0 aromatic carbocycles. The normalized spacial score (nSPS) is 25.2. The molecule has 0 bridgehead atoms. The number of nitrogens with zero attached hydrogens (tertiary/aromatic N) is 1. The molecule has 104 valence electrons. The molecule has 0 aromatic rings. The number of hydrogen-bond acceptors (Lipinski definition) is 3. The molecule has 2 unspecified atom stereocenters. The number of carboxylic acid groups (broad SMARTS) is 1. The predicted molar refractivity (Wildman–Crippen MR) is 69.1 cm³/mol. The Kier molecular flexibility index (Phi) is 5.14. The first-order chi connectivity index (χ1) is 8.47. The molecule has 1 heterocycles. The highest BCUT2D eigenvalue weighted by molar-refractivity contribution is 5.87. The fraction of sp³-hybridized carbons (Fsp3) is 0.846. The van der Waals surface area contributed by atoms with Crippen LogP contribution in [0.3, 0.4) is 0 Å². The first kappa shape index (κ1) is 15.0. The summed E-state index contributed by atoms with van der Waals surface area (Å²) in [5.41, 5.74) is 4.55. The Bertz CT molecular complexity index is 319. The molecule has 1 saturated heterocycles. The molecule has 1 aliphatic heterocycles. The van der Waals surface area contributed by atoms with Gasteiger partial charge in [0, 0.05) is 13.0 Å². The maximum Gasteiger partial charge on any atom is 0.329 e. The lowest BCUT2D eigenvalue weighted by atomic mass is 9.92. The summed E-state index contributed by atoms with van der Waals surface area (Å²) in [6.07, 6.45) is 2.94. The van der Waals surface area contributed by atoms with Gasteiger partial charge in [-0.3, -0.25) is 4.79 Å². The fourth-order valence-electron chi connectivity index (χ4n) is 2.61. The molecule has 0 aliphatic carbocycles. The van der Waals surface area contributed by atoms with Crippen molar-refractivity contribution in [3.8, 4) is 0 Å². The zero-order valence-corrected chi connectivity index (χ0v) is 11.3. The highest BCUT2D eigenvalue weighted by Crippen LogP contribution is 2.33. The third kappa shape index (κ3) is 2.83. The van der Waals surface area contributed by atoms with Crippen LogP contribution in [-0.2, 0) is 9.59 Å². The minimum absolute atomic E-state index is 0.0444. The molecule has 1 amide bonds. The average Bonchev–Trinajstić information content (AvgIpc) is 2.80. The third-order valence-electron chi connectivity index (χ3n) is 4.03. The first-order valence-corrected chi connectivity index (χ1v) is 6.72. The predicted octanol–water partition coefficient (Wildman–Crippen LogP) is 1.22. The van der Waals surface area contributed by atoms with E-state index in [0.717, 1.165) is 12.8 Å². The van der Waals surface area contributed by atoms with Gasteiger partial charge in [-0.1, -0.05) is 13.8 Å². The highest BCUT2D eigenvalue weighted by atomic mass is 16.4. The van der Waals surface area contributed by atoms with Gasteiger partial charge in [-0.15, -0.1) is 0 Å². The zero-order valence-electron chi connectivity index (χ0n) is 11.3. The third-order valence-corrected chi connectivity index (χ3v) is 4.03. The quantitative estimate of drug-likeness (QED) is 0.748. The molecule has 0 radical (unpaired) electrons. The van der Waals surface area contributed by atoms with E-state index < -0.39 is 11.5 Å². The van der Waals surface area contributed by atoms with Crippen LogP contribution in [0.25, 0.3) is 0 Å². The minimum Gasteiger partial charge on any atom is -0.479 e. The smallest absolute Gasteiger partial charge is 0.329 e. The Balaban J connectivity index is 2.69. The van der Waals surface area contributed by atoms with Gasteiger partial charge in [0.1, 0.15) is 5.54 Å². The molecule has 1 aliphatic rings. The first-order valence-electron chi connectivity index (χ1n) is 6.72. The van der Waals surface area contributed by atoms with E-state index in [1.165, 1.54) is 0 Å². The van der Waals surface area contributed by atoms with E-state index in [2.05, 4.69) is 0 Å². The van der Waals surface area contributed by atoms with Crippen LogP contribution in [0.5, 0.6) is 0 Å². The van der Waals surface area contributed by atoms with Crippen molar-refractivity contribution in [3.63, 3.8) is 0 Å². The maximum atomic E-state index is 12.2. The molecule has 1 rings (SSSR count). The standard InChI is InChI=1S/C13H24N2O3/c1-3-13(12(17)18)7-4-8-15(13)11(16)6-5-10(2)9-14/h10H,3-9,14H2,1-2H3,(H,17,18). The molecule has 3 N–H and O–H groups in total. The molecule has 18 heavy (non-hydrogen) atoms. The summed E-state index contributed by atoms with van der Waals surface area (Å²) in [4.78, 5) is 25.2. The Hall–Kier alpha value is -1.10. The zero-order chi connectivity index (χ0) is 13.8. The summed E-state index contributed by atoms with van der Waals surface area (Å²) in [6, 6.07) is 0. The highest BCUT2D eigenvalue weighted by Gasteiger charge is 2.48. The van der Waals surface area contributed by atoms with Gasteiger partial charge in [-0.25, -0.2) is 4.79 Å².